The molecule has 1 aromatic heterocycles. The second-order valence-electron chi connectivity index (χ2n) is 3.29. The van der Waals surface area contributed by atoms with Crippen molar-refractivity contribution >= 4 is 21.9 Å². The molecule has 0 aliphatic carbocycles. The quantitative estimate of drug-likeness (QED) is 0.908. The number of aromatic amines is 1. The van der Waals surface area contributed by atoms with Gasteiger partial charge in [0.2, 0.25) is 0 Å². The number of hydrogen-bond donors (Lipinski definition) is 2. The molecule has 16 heavy (non-hydrogen) atoms. The van der Waals surface area contributed by atoms with Crippen LogP contribution in [0.3, 0.4) is 0 Å². The number of nitrogens with zero attached hydrogens (tertiary/aromatic N) is 1. The molecule has 0 aliphatic rings. The van der Waals surface area contributed by atoms with Crippen molar-refractivity contribution in [3.05, 3.63) is 40.6 Å². The normalized spacial score (nSPS) is 10.3. The van der Waals surface area contributed by atoms with E-state index in [9.17, 15) is 4.79 Å². The van der Waals surface area contributed by atoms with Crippen LogP contribution in [0.25, 0.3) is 11.4 Å². The van der Waals surface area contributed by atoms with Gasteiger partial charge in [-0.25, -0.2) is 4.98 Å². The molecule has 0 amide bonds. The Morgan fingerprint density at radius 2 is 2.06 bits per heavy atom. The van der Waals surface area contributed by atoms with Crippen molar-refractivity contribution in [1.29, 1.82) is 0 Å². The maximum atomic E-state index is 10.6. The van der Waals surface area contributed by atoms with Crippen molar-refractivity contribution in [2.24, 2.45) is 0 Å². The van der Waals surface area contributed by atoms with Crippen LogP contribution in [-0.4, -0.2) is 21.0 Å². The fourth-order valence-electron chi connectivity index (χ4n) is 1.39. The summed E-state index contributed by atoms with van der Waals surface area (Å²) in [6.45, 7) is 0. The summed E-state index contributed by atoms with van der Waals surface area (Å²) in [5.41, 5.74) is 1.51. The molecule has 0 unspecified atom stereocenters. The van der Waals surface area contributed by atoms with Crippen molar-refractivity contribution in [1.82, 2.24) is 9.97 Å². The predicted molar refractivity (Wildman–Crippen MR) is 63.1 cm³/mol. The molecule has 1 heterocycles. The van der Waals surface area contributed by atoms with Gasteiger partial charge in [-0.3, -0.25) is 4.79 Å². The number of carbonyl (C=O) groups is 1. The van der Waals surface area contributed by atoms with E-state index < -0.39 is 5.97 Å². The zero-order valence-electron chi connectivity index (χ0n) is 8.27. The lowest BCUT2D eigenvalue weighted by Crippen LogP contribution is -2.00. The third-order valence-electron chi connectivity index (χ3n) is 2.10. The van der Waals surface area contributed by atoms with Crippen LogP contribution in [0.2, 0.25) is 0 Å². The van der Waals surface area contributed by atoms with Crippen molar-refractivity contribution in [3.8, 4) is 11.4 Å². The van der Waals surface area contributed by atoms with E-state index in [4.69, 9.17) is 5.11 Å². The third kappa shape index (κ3) is 2.30. The van der Waals surface area contributed by atoms with Crippen molar-refractivity contribution in [2.75, 3.05) is 0 Å². The van der Waals surface area contributed by atoms with Crippen LogP contribution in [0.5, 0.6) is 0 Å². The molecule has 82 valence electrons. The molecular weight excluding hydrogens is 272 g/mol. The molecule has 2 rings (SSSR count). The van der Waals surface area contributed by atoms with Crippen LogP contribution < -0.4 is 0 Å². The summed E-state index contributed by atoms with van der Waals surface area (Å²) in [5.74, 6) is -0.215. The lowest BCUT2D eigenvalue weighted by atomic mass is 10.2. The average Bonchev–Trinajstić information content (AvgIpc) is 2.61. The highest BCUT2D eigenvalue weighted by molar-refractivity contribution is 9.10. The number of aliphatic carboxylic acids is 1. The van der Waals surface area contributed by atoms with Gasteiger partial charge in [0, 0.05) is 5.56 Å². The number of halogens is 1. The highest BCUT2D eigenvalue weighted by Gasteiger charge is 2.11. The van der Waals surface area contributed by atoms with Crippen LogP contribution in [-0.2, 0) is 11.2 Å². The van der Waals surface area contributed by atoms with Crippen molar-refractivity contribution < 1.29 is 9.90 Å². The largest absolute Gasteiger partial charge is 0.481 e. The van der Waals surface area contributed by atoms with E-state index >= 15 is 0 Å². The van der Waals surface area contributed by atoms with Gasteiger partial charge in [-0.2, -0.15) is 0 Å². The number of rotatable bonds is 3. The monoisotopic (exact) mass is 280 g/mol. The van der Waals surface area contributed by atoms with Crippen LogP contribution in [0, 0.1) is 0 Å². The molecule has 2 N–H and O–H groups in total. The van der Waals surface area contributed by atoms with E-state index in [0.29, 0.717) is 16.1 Å². The second kappa shape index (κ2) is 4.49. The lowest BCUT2D eigenvalue weighted by Gasteiger charge is -1.94. The first-order valence-electron chi connectivity index (χ1n) is 4.68. The number of nitrogens with one attached hydrogen (secondary N) is 1. The van der Waals surface area contributed by atoms with E-state index in [2.05, 4.69) is 25.9 Å². The Hall–Kier alpha value is -1.62. The predicted octanol–water partition coefficient (Wildman–Crippen LogP) is 2.47. The van der Waals surface area contributed by atoms with Crippen molar-refractivity contribution in [2.45, 2.75) is 6.42 Å². The molecule has 0 fully saturated rings. The minimum absolute atomic E-state index is 0.0690. The molecule has 2 aromatic rings. The van der Waals surface area contributed by atoms with E-state index in [1.165, 1.54) is 0 Å². The van der Waals surface area contributed by atoms with E-state index in [1.807, 2.05) is 30.3 Å². The summed E-state index contributed by atoms with van der Waals surface area (Å²) in [4.78, 5) is 17.8. The van der Waals surface area contributed by atoms with E-state index in [-0.39, 0.29) is 6.42 Å². The topological polar surface area (TPSA) is 66.0 Å². The first kappa shape index (κ1) is 10.9. The molecule has 0 atom stereocenters. The number of benzene rings is 1. The molecule has 0 aliphatic heterocycles. The van der Waals surface area contributed by atoms with Gasteiger partial charge in [0.15, 0.2) is 0 Å². The standard InChI is InChI=1S/C11H9BrN2O2/c12-10-8(6-9(15)16)13-11(14-10)7-4-2-1-3-5-7/h1-5H,6H2,(H,13,14)(H,15,16). The van der Waals surface area contributed by atoms with Gasteiger partial charge < -0.3 is 10.1 Å². The summed E-state index contributed by atoms with van der Waals surface area (Å²) < 4.78 is 0.550. The van der Waals surface area contributed by atoms with E-state index in [1.54, 1.807) is 0 Å². The number of carboxylic acid groups (broad SMARTS) is 1. The minimum atomic E-state index is -0.885. The summed E-state index contributed by atoms with van der Waals surface area (Å²) in [6, 6.07) is 9.55. The van der Waals surface area contributed by atoms with Crippen LogP contribution in [0.4, 0.5) is 0 Å². The fraction of sp³-hybridized carbons (Fsp3) is 0.0909. The zero-order valence-corrected chi connectivity index (χ0v) is 9.86. The van der Waals surface area contributed by atoms with Crippen LogP contribution in [0.1, 0.15) is 5.69 Å². The summed E-state index contributed by atoms with van der Waals surface area (Å²) in [5, 5.41) is 8.70. The lowest BCUT2D eigenvalue weighted by molar-refractivity contribution is -0.136. The molecular formula is C11H9BrN2O2. The second-order valence-corrected chi connectivity index (χ2v) is 4.04. The average molecular weight is 281 g/mol. The number of imidazole rings is 1. The van der Waals surface area contributed by atoms with Gasteiger partial charge in [-0.15, -0.1) is 0 Å². The first-order valence-corrected chi connectivity index (χ1v) is 5.47. The molecule has 4 nitrogen and oxygen atoms in total. The Labute approximate surface area is 100 Å². The molecule has 0 bridgehead atoms. The zero-order chi connectivity index (χ0) is 11.5. The number of hydrogen-bond acceptors (Lipinski definition) is 2. The summed E-state index contributed by atoms with van der Waals surface area (Å²) >= 11 is 3.24. The fourth-order valence-corrected chi connectivity index (χ4v) is 1.81. The Kier molecular flexibility index (Phi) is 3.05. The maximum absolute atomic E-state index is 10.6. The van der Waals surface area contributed by atoms with Gasteiger partial charge in [-0.05, 0) is 15.9 Å². The van der Waals surface area contributed by atoms with Gasteiger partial charge >= 0.3 is 5.97 Å². The smallest absolute Gasteiger partial charge is 0.309 e. The van der Waals surface area contributed by atoms with Gasteiger partial charge in [0.25, 0.3) is 0 Å². The summed E-state index contributed by atoms with van der Waals surface area (Å²) in [6.07, 6.45) is -0.0690. The highest BCUT2D eigenvalue weighted by Crippen LogP contribution is 2.21. The molecule has 0 saturated heterocycles. The van der Waals surface area contributed by atoms with Crippen LogP contribution >= 0.6 is 15.9 Å². The molecule has 0 radical (unpaired) electrons. The Bertz CT molecular complexity index is 508. The number of aromatic nitrogens is 2. The van der Waals surface area contributed by atoms with Crippen molar-refractivity contribution in [3.63, 3.8) is 0 Å². The van der Waals surface area contributed by atoms with Crippen LogP contribution in [0.15, 0.2) is 34.9 Å². The van der Waals surface area contributed by atoms with Gasteiger partial charge in [0.05, 0.1) is 12.1 Å². The molecule has 1 aromatic carbocycles. The third-order valence-corrected chi connectivity index (χ3v) is 2.76. The van der Waals surface area contributed by atoms with Gasteiger partial charge in [-0.1, -0.05) is 30.3 Å². The Morgan fingerprint density at radius 3 is 2.69 bits per heavy atom. The minimum Gasteiger partial charge on any atom is -0.481 e. The maximum Gasteiger partial charge on any atom is 0.309 e. The van der Waals surface area contributed by atoms with E-state index in [0.717, 1.165) is 5.56 Å². The van der Waals surface area contributed by atoms with Gasteiger partial charge in [0.1, 0.15) is 10.4 Å². The first-order chi connectivity index (χ1) is 7.66. The SMILES string of the molecule is O=C(O)Cc1[nH]c(-c2ccccc2)nc1Br. The summed E-state index contributed by atoms with van der Waals surface area (Å²) in [7, 11) is 0. The molecule has 0 spiro atoms. The molecule has 0 saturated carbocycles. The molecule has 5 heteroatoms. The Balaban J connectivity index is 2.34. The number of carboxylic acids is 1. The highest BCUT2D eigenvalue weighted by atomic mass is 79.9. The Morgan fingerprint density at radius 1 is 1.38 bits per heavy atom. The number of H-pyrrole nitrogens is 1.